The highest BCUT2D eigenvalue weighted by Crippen LogP contribution is 2.44. The number of carbonyl (C=O) groups is 1. The Bertz CT molecular complexity index is 922. The molecule has 0 amide bonds. The third-order valence-electron chi connectivity index (χ3n) is 4.38. The van der Waals surface area contributed by atoms with Crippen molar-refractivity contribution in [3.63, 3.8) is 0 Å². The highest BCUT2D eigenvalue weighted by molar-refractivity contribution is 9.11. The van der Waals surface area contributed by atoms with Gasteiger partial charge in [0.1, 0.15) is 5.75 Å². The molecule has 29 heavy (non-hydrogen) atoms. The second-order valence-corrected chi connectivity index (χ2v) is 8.60. The first kappa shape index (κ1) is 23.2. The maximum atomic E-state index is 11.5. The van der Waals surface area contributed by atoms with E-state index in [4.69, 9.17) is 14.6 Å². The number of methoxy groups -OCH3 is 1. The van der Waals surface area contributed by atoms with E-state index in [-0.39, 0.29) is 29.7 Å². The predicted molar refractivity (Wildman–Crippen MR) is 116 cm³/mol. The topological polar surface area (TPSA) is 98.9 Å². The average molecular weight is 531 g/mol. The molecule has 1 N–H and O–H groups in total. The minimum atomic E-state index is -0.878. The summed E-state index contributed by atoms with van der Waals surface area (Å²) < 4.78 is 12.4. The van der Waals surface area contributed by atoms with E-state index >= 15 is 0 Å². The lowest BCUT2D eigenvalue weighted by Gasteiger charge is -2.17. The van der Waals surface area contributed by atoms with Crippen molar-refractivity contribution in [2.45, 2.75) is 39.0 Å². The summed E-state index contributed by atoms with van der Waals surface area (Å²) in [7, 11) is 1.40. The Morgan fingerprint density at radius 1 is 1.14 bits per heavy atom. The number of benzene rings is 2. The molecule has 0 spiro atoms. The molecule has 0 aliphatic heterocycles. The second kappa shape index (κ2) is 9.58. The molecule has 2 aromatic carbocycles. The first-order chi connectivity index (χ1) is 13.5. The van der Waals surface area contributed by atoms with E-state index in [1.54, 1.807) is 18.2 Å². The van der Waals surface area contributed by atoms with Gasteiger partial charge in [-0.3, -0.25) is 14.9 Å². The molecule has 0 radical (unpaired) electrons. The first-order valence-corrected chi connectivity index (χ1v) is 10.4. The molecule has 0 heterocycles. The standard InChI is InChI=1S/C20H21Br2NO6/c1-10(2)14-8-13(9-17(23(26)27)19(14)28-4)29-20-15(21)6-12(7-16(20)22)11(3)5-18(24)25/h6-11H,5H2,1-4H3,(H,24,25). The Kier molecular flexibility index (Phi) is 7.65. The number of nitrogens with zero attached hydrogens (tertiary/aromatic N) is 1. The Hall–Kier alpha value is -2.13. The lowest BCUT2D eigenvalue weighted by molar-refractivity contribution is -0.385. The summed E-state index contributed by atoms with van der Waals surface area (Å²) in [6.45, 7) is 5.65. The monoisotopic (exact) mass is 529 g/mol. The summed E-state index contributed by atoms with van der Waals surface area (Å²) >= 11 is 6.90. The third kappa shape index (κ3) is 5.48. The van der Waals surface area contributed by atoms with Gasteiger partial charge in [-0.1, -0.05) is 20.8 Å². The molecule has 0 saturated heterocycles. The summed E-state index contributed by atoms with van der Waals surface area (Å²) in [5, 5.41) is 20.5. The van der Waals surface area contributed by atoms with Gasteiger partial charge in [0.2, 0.25) is 5.75 Å². The van der Waals surface area contributed by atoms with E-state index in [0.717, 1.165) is 5.56 Å². The van der Waals surface area contributed by atoms with Gasteiger partial charge in [0.25, 0.3) is 0 Å². The van der Waals surface area contributed by atoms with Crippen molar-refractivity contribution < 1.29 is 24.3 Å². The lowest BCUT2D eigenvalue weighted by atomic mass is 9.98. The molecular weight excluding hydrogens is 510 g/mol. The van der Waals surface area contributed by atoms with Crippen LogP contribution in [0.5, 0.6) is 17.2 Å². The number of aliphatic carboxylic acids is 1. The van der Waals surface area contributed by atoms with Crippen LogP contribution >= 0.6 is 31.9 Å². The Balaban J connectivity index is 2.48. The van der Waals surface area contributed by atoms with E-state index in [2.05, 4.69) is 31.9 Å². The van der Waals surface area contributed by atoms with Crippen LogP contribution < -0.4 is 9.47 Å². The molecule has 7 nitrogen and oxygen atoms in total. The molecule has 1 atom stereocenters. The molecule has 0 aromatic heterocycles. The third-order valence-corrected chi connectivity index (χ3v) is 5.56. The molecule has 0 saturated carbocycles. The largest absolute Gasteiger partial charge is 0.490 e. The zero-order chi connectivity index (χ0) is 21.9. The zero-order valence-corrected chi connectivity index (χ0v) is 19.5. The Morgan fingerprint density at radius 2 is 1.72 bits per heavy atom. The van der Waals surface area contributed by atoms with Gasteiger partial charge in [0, 0.05) is 5.56 Å². The second-order valence-electron chi connectivity index (χ2n) is 6.89. The van der Waals surface area contributed by atoms with E-state index in [9.17, 15) is 14.9 Å². The molecule has 0 aliphatic carbocycles. The van der Waals surface area contributed by atoms with Crippen molar-refractivity contribution >= 4 is 43.5 Å². The van der Waals surface area contributed by atoms with Gasteiger partial charge >= 0.3 is 11.7 Å². The Morgan fingerprint density at radius 3 is 2.17 bits per heavy atom. The number of carboxylic acids is 1. The number of nitro groups is 1. The van der Waals surface area contributed by atoms with Crippen molar-refractivity contribution in [3.8, 4) is 17.2 Å². The molecule has 0 aliphatic rings. The number of hydrogen-bond donors (Lipinski definition) is 1. The Labute approximate surface area is 185 Å². The summed E-state index contributed by atoms with van der Waals surface area (Å²) in [6, 6.07) is 6.62. The van der Waals surface area contributed by atoms with Crippen molar-refractivity contribution in [3.05, 3.63) is 54.5 Å². The van der Waals surface area contributed by atoms with Crippen LogP contribution in [0.4, 0.5) is 5.69 Å². The quantitative estimate of drug-likeness (QED) is 0.304. The summed E-state index contributed by atoms with van der Waals surface area (Å²) in [4.78, 5) is 22.0. The minimum Gasteiger partial charge on any atom is -0.490 e. The van der Waals surface area contributed by atoms with Gasteiger partial charge in [0.15, 0.2) is 5.75 Å². The molecule has 156 valence electrons. The molecule has 0 fully saturated rings. The van der Waals surface area contributed by atoms with E-state index in [1.165, 1.54) is 13.2 Å². The maximum Gasteiger partial charge on any atom is 0.314 e. The van der Waals surface area contributed by atoms with Crippen LogP contribution in [0.2, 0.25) is 0 Å². The van der Waals surface area contributed by atoms with Crippen molar-refractivity contribution in [1.29, 1.82) is 0 Å². The van der Waals surface area contributed by atoms with Crippen LogP contribution in [0.15, 0.2) is 33.2 Å². The number of ether oxygens (including phenoxy) is 2. The molecule has 9 heteroatoms. The van der Waals surface area contributed by atoms with Crippen LogP contribution in [-0.2, 0) is 4.79 Å². The predicted octanol–water partition coefficient (Wildman–Crippen LogP) is 6.62. The number of halogens is 2. The van der Waals surface area contributed by atoms with Gasteiger partial charge in [-0.2, -0.15) is 0 Å². The summed E-state index contributed by atoms with van der Waals surface area (Å²) in [5.74, 6) is -0.133. The zero-order valence-electron chi connectivity index (χ0n) is 16.4. The highest BCUT2D eigenvalue weighted by Gasteiger charge is 2.24. The van der Waals surface area contributed by atoms with Crippen molar-refractivity contribution in [1.82, 2.24) is 0 Å². The average Bonchev–Trinajstić information content (AvgIpc) is 2.62. The molecule has 2 aromatic rings. The fourth-order valence-corrected chi connectivity index (χ4v) is 4.30. The van der Waals surface area contributed by atoms with Crippen LogP contribution in [0.25, 0.3) is 0 Å². The highest BCUT2D eigenvalue weighted by atomic mass is 79.9. The fourth-order valence-electron chi connectivity index (χ4n) is 2.91. The number of nitro benzene ring substituents is 1. The van der Waals surface area contributed by atoms with Crippen molar-refractivity contribution in [2.24, 2.45) is 0 Å². The summed E-state index contributed by atoms with van der Waals surface area (Å²) in [5.41, 5.74) is 1.31. The van der Waals surface area contributed by atoms with Crippen LogP contribution in [-0.4, -0.2) is 23.1 Å². The molecular formula is C20H21Br2NO6. The van der Waals surface area contributed by atoms with Gasteiger partial charge in [0.05, 0.1) is 33.5 Å². The maximum absolute atomic E-state index is 11.5. The number of rotatable bonds is 8. The van der Waals surface area contributed by atoms with Crippen LogP contribution in [0, 0.1) is 10.1 Å². The fraction of sp³-hybridized carbons (Fsp3) is 0.350. The van der Waals surface area contributed by atoms with E-state index < -0.39 is 10.9 Å². The molecule has 1 unspecified atom stereocenters. The van der Waals surface area contributed by atoms with Crippen LogP contribution in [0.1, 0.15) is 50.2 Å². The number of carboxylic acid groups (broad SMARTS) is 1. The smallest absolute Gasteiger partial charge is 0.314 e. The summed E-state index contributed by atoms with van der Waals surface area (Å²) in [6.07, 6.45) is 0.00149. The van der Waals surface area contributed by atoms with Gasteiger partial charge in [-0.15, -0.1) is 0 Å². The first-order valence-electron chi connectivity index (χ1n) is 8.80. The van der Waals surface area contributed by atoms with Crippen molar-refractivity contribution in [2.75, 3.05) is 7.11 Å². The van der Waals surface area contributed by atoms with Gasteiger partial charge in [-0.05, 0) is 67.5 Å². The minimum absolute atomic E-state index is 0.00149. The SMILES string of the molecule is COc1c(C(C)C)cc(Oc2c(Br)cc(C(C)CC(=O)O)cc2Br)cc1[N+](=O)[O-]. The lowest BCUT2D eigenvalue weighted by Crippen LogP contribution is -2.03. The van der Waals surface area contributed by atoms with Gasteiger partial charge in [-0.25, -0.2) is 0 Å². The number of hydrogen-bond acceptors (Lipinski definition) is 5. The van der Waals surface area contributed by atoms with E-state index in [1.807, 2.05) is 20.8 Å². The normalized spacial score (nSPS) is 12.0. The van der Waals surface area contributed by atoms with Crippen LogP contribution in [0.3, 0.4) is 0 Å². The molecule has 2 rings (SSSR count). The van der Waals surface area contributed by atoms with E-state index in [0.29, 0.717) is 26.0 Å². The molecule has 0 bridgehead atoms. The van der Waals surface area contributed by atoms with Gasteiger partial charge < -0.3 is 14.6 Å².